The Morgan fingerprint density at radius 3 is 2.41 bits per heavy atom. The zero-order valence-electron chi connectivity index (χ0n) is 14.3. The number of hydrogen-bond acceptors (Lipinski definition) is 4. The number of fused-ring (bicyclic) bond motifs is 1. The van der Waals surface area contributed by atoms with Crippen LogP contribution < -0.4 is 4.90 Å². The number of rotatable bonds is 3. The van der Waals surface area contributed by atoms with Gasteiger partial charge in [0.1, 0.15) is 17.3 Å². The van der Waals surface area contributed by atoms with E-state index in [9.17, 15) is 8.78 Å². The van der Waals surface area contributed by atoms with Crippen LogP contribution in [-0.4, -0.2) is 32.7 Å². The van der Waals surface area contributed by atoms with E-state index < -0.39 is 0 Å². The van der Waals surface area contributed by atoms with E-state index in [1.165, 1.54) is 28.9 Å². The number of benzene rings is 1. The van der Waals surface area contributed by atoms with Gasteiger partial charge in [-0.2, -0.15) is 5.10 Å². The number of nitrogens with zero attached hydrogens (tertiary/aromatic N) is 5. The second-order valence-electron chi connectivity index (χ2n) is 6.49. The fourth-order valence-corrected chi connectivity index (χ4v) is 3.24. The Morgan fingerprint density at radius 1 is 0.889 bits per heavy atom. The Morgan fingerprint density at radius 2 is 1.67 bits per heavy atom. The molecule has 0 bridgehead atoms. The highest BCUT2D eigenvalue weighted by Gasteiger charge is 2.21. The third-order valence-electron chi connectivity index (χ3n) is 4.75. The lowest BCUT2D eigenvalue weighted by Gasteiger charge is -2.30. The molecule has 1 fully saturated rings. The summed E-state index contributed by atoms with van der Waals surface area (Å²) in [4.78, 5) is 11.2. The average Bonchev–Trinajstić information content (AvgIpc) is 2.99. The van der Waals surface area contributed by atoms with Crippen molar-refractivity contribution in [2.45, 2.75) is 6.42 Å². The number of aromatic nitrogens is 4. The number of pyridine rings is 1. The van der Waals surface area contributed by atoms with Crippen molar-refractivity contribution in [2.75, 3.05) is 18.0 Å². The average molecular weight is 363 g/mol. The summed E-state index contributed by atoms with van der Waals surface area (Å²) in [5.74, 6) is -0.0337. The summed E-state index contributed by atoms with van der Waals surface area (Å²) in [7, 11) is 0. The maximum atomic E-state index is 13.7. The van der Waals surface area contributed by atoms with E-state index >= 15 is 0 Å². The smallest absolute Gasteiger partial charge is 0.225 e. The molecule has 4 heterocycles. The molecule has 0 unspecified atom stereocenters. The van der Waals surface area contributed by atoms with Gasteiger partial charge in [-0.15, -0.1) is 0 Å². The van der Waals surface area contributed by atoms with Gasteiger partial charge in [-0.3, -0.25) is 0 Å². The molecule has 0 N–H and O–H groups in total. The van der Waals surface area contributed by atoms with Crippen LogP contribution >= 0.6 is 0 Å². The summed E-state index contributed by atoms with van der Waals surface area (Å²) in [5.41, 5.74) is 3.55. The molecule has 1 aliphatic heterocycles. The van der Waals surface area contributed by atoms with Crippen LogP contribution in [0.2, 0.25) is 0 Å². The molecule has 5 nitrogen and oxygen atoms in total. The SMILES string of the molecule is Fc1ccc(-c2nn3cc(F)ccc3c2-c2ccnc(N3CCC3)n2)cc1. The minimum absolute atomic E-state index is 0.322. The van der Waals surface area contributed by atoms with Crippen LogP contribution in [0.4, 0.5) is 14.7 Å². The van der Waals surface area contributed by atoms with Crippen molar-refractivity contribution in [1.82, 2.24) is 19.6 Å². The summed E-state index contributed by atoms with van der Waals surface area (Å²) in [6, 6.07) is 11.0. The van der Waals surface area contributed by atoms with Crippen molar-refractivity contribution in [3.05, 3.63) is 66.5 Å². The van der Waals surface area contributed by atoms with E-state index in [0.29, 0.717) is 17.3 Å². The predicted octanol–water partition coefficient (Wildman–Crippen LogP) is 3.95. The summed E-state index contributed by atoms with van der Waals surface area (Å²) in [6.45, 7) is 1.88. The normalized spacial score (nSPS) is 13.8. The molecule has 4 aromatic rings. The highest BCUT2D eigenvalue weighted by molar-refractivity contribution is 5.90. The molecular weight excluding hydrogens is 348 g/mol. The summed E-state index contributed by atoms with van der Waals surface area (Å²) in [6.07, 6.45) is 4.17. The zero-order chi connectivity index (χ0) is 18.4. The molecule has 0 aliphatic carbocycles. The van der Waals surface area contributed by atoms with Crippen molar-refractivity contribution in [3.63, 3.8) is 0 Å². The molecule has 1 aliphatic rings. The monoisotopic (exact) mass is 363 g/mol. The fourth-order valence-electron chi connectivity index (χ4n) is 3.24. The van der Waals surface area contributed by atoms with Crippen LogP contribution in [0.15, 0.2) is 54.9 Å². The van der Waals surface area contributed by atoms with Gasteiger partial charge >= 0.3 is 0 Å². The summed E-state index contributed by atoms with van der Waals surface area (Å²) >= 11 is 0. The Kier molecular flexibility index (Phi) is 3.60. The molecule has 3 aromatic heterocycles. The van der Waals surface area contributed by atoms with Crippen LogP contribution in [0.1, 0.15) is 6.42 Å². The molecular formula is C20H15F2N5. The quantitative estimate of drug-likeness (QED) is 0.553. The van der Waals surface area contributed by atoms with Crippen LogP contribution in [0.25, 0.3) is 28.0 Å². The molecule has 7 heteroatoms. The lowest BCUT2D eigenvalue weighted by Crippen LogP contribution is -2.38. The molecule has 0 saturated carbocycles. The van der Waals surface area contributed by atoms with Gasteiger partial charge in [0, 0.05) is 24.8 Å². The van der Waals surface area contributed by atoms with E-state index in [1.807, 2.05) is 6.07 Å². The van der Waals surface area contributed by atoms with Crippen molar-refractivity contribution in [3.8, 4) is 22.5 Å². The van der Waals surface area contributed by atoms with E-state index in [0.717, 1.165) is 36.2 Å². The lowest BCUT2D eigenvalue weighted by atomic mass is 10.0. The first-order chi connectivity index (χ1) is 13.2. The van der Waals surface area contributed by atoms with Crippen LogP contribution in [0.3, 0.4) is 0 Å². The molecule has 0 atom stereocenters. The molecule has 0 amide bonds. The van der Waals surface area contributed by atoms with Gasteiger partial charge in [0.05, 0.1) is 23.0 Å². The van der Waals surface area contributed by atoms with Crippen molar-refractivity contribution in [2.24, 2.45) is 0 Å². The minimum atomic E-state index is -0.383. The Balaban J connectivity index is 1.74. The van der Waals surface area contributed by atoms with Crippen LogP contribution in [0.5, 0.6) is 0 Å². The molecule has 0 spiro atoms. The number of halogens is 2. The van der Waals surface area contributed by atoms with Crippen molar-refractivity contribution in [1.29, 1.82) is 0 Å². The van der Waals surface area contributed by atoms with Gasteiger partial charge in [0.15, 0.2) is 0 Å². The predicted molar refractivity (Wildman–Crippen MR) is 98.4 cm³/mol. The maximum Gasteiger partial charge on any atom is 0.225 e. The van der Waals surface area contributed by atoms with E-state index in [2.05, 4.69) is 15.0 Å². The Hall–Kier alpha value is -3.35. The van der Waals surface area contributed by atoms with E-state index in [4.69, 9.17) is 4.98 Å². The summed E-state index contributed by atoms with van der Waals surface area (Å²) in [5, 5.41) is 4.54. The molecule has 0 radical (unpaired) electrons. The Bertz CT molecular complexity index is 1130. The topological polar surface area (TPSA) is 46.3 Å². The lowest BCUT2D eigenvalue weighted by molar-refractivity contribution is 0.600. The molecule has 1 saturated heterocycles. The fraction of sp³-hybridized carbons (Fsp3) is 0.150. The largest absolute Gasteiger partial charge is 0.341 e. The third kappa shape index (κ3) is 2.71. The molecule has 5 rings (SSSR count). The minimum Gasteiger partial charge on any atom is -0.341 e. The third-order valence-corrected chi connectivity index (χ3v) is 4.75. The zero-order valence-corrected chi connectivity index (χ0v) is 14.3. The molecule has 27 heavy (non-hydrogen) atoms. The van der Waals surface area contributed by atoms with Gasteiger partial charge in [0.2, 0.25) is 5.95 Å². The van der Waals surface area contributed by atoms with Gasteiger partial charge in [-0.25, -0.2) is 23.3 Å². The van der Waals surface area contributed by atoms with Crippen LogP contribution in [-0.2, 0) is 0 Å². The Labute approximate surface area is 153 Å². The first kappa shape index (κ1) is 15.9. The second kappa shape index (κ2) is 6.12. The number of anilines is 1. The maximum absolute atomic E-state index is 13.7. The molecule has 1 aromatic carbocycles. The van der Waals surface area contributed by atoms with Crippen LogP contribution in [0, 0.1) is 11.6 Å². The highest BCUT2D eigenvalue weighted by Crippen LogP contribution is 2.35. The van der Waals surface area contributed by atoms with Gasteiger partial charge < -0.3 is 4.90 Å². The van der Waals surface area contributed by atoms with Gasteiger partial charge in [0.25, 0.3) is 0 Å². The van der Waals surface area contributed by atoms with Gasteiger partial charge in [-0.1, -0.05) is 0 Å². The van der Waals surface area contributed by atoms with Crippen molar-refractivity contribution >= 4 is 11.5 Å². The van der Waals surface area contributed by atoms with E-state index in [-0.39, 0.29) is 11.6 Å². The molecule has 134 valence electrons. The highest BCUT2D eigenvalue weighted by atomic mass is 19.1. The second-order valence-corrected chi connectivity index (χ2v) is 6.49. The first-order valence-corrected chi connectivity index (χ1v) is 8.71. The first-order valence-electron chi connectivity index (χ1n) is 8.71. The van der Waals surface area contributed by atoms with Gasteiger partial charge in [-0.05, 0) is 48.9 Å². The van der Waals surface area contributed by atoms with Crippen molar-refractivity contribution < 1.29 is 8.78 Å². The number of hydrogen-bond donors (Lipinski definition) is 0. The summed E-state index contributed by atoms with van der Waals surface area (Å²) < 4.78 is 28.6. The standard InChI is InChI=1S/C20H15F2N5/c21-14-4-2-13(3-5-14)19-18(17-7-6-15(22)12-27(17)25-19)16-8-9-23-20(24-16)26-10-1-11-26/h2-9,12H,1,10-11H2. The van der Waals surface area contributed by atoms with E-state index in [1.54, 1.807) is 24.4 Å².